The highest BCUT2D eigenvalue weighted by molar-refractivity contribution is 5.80. The van der Waals surface area contributed by atoms with Crippen molar-refractivity contribution in [3.05, 3.63) is 12.2 Å². The molecule has 332 valence electrons. The average molecular weight is 802 g/mol. The Kier molecular flexibility index (Phi) is 33.8. The van der Waals surface area contributed by atoms with Gasteiger partial charge in [0, 0.05) is 0 Å². The first kappa shape index (κ1) is 52.9. The molecule has 1 amide bonds. The minimum Gasteiger partial charge on any atom is -0.394 e. The van der Waals surface area contributed by atoms with Gasteiger partial charge in [0.1, 0.15) is 36.6 Å². The summed E-state index contributed by atoms with van der Waals surface area (Å²) < 4.78 is 11.1. The number of nitrogens with one attached hydrogen (secondary N) is 1. The fraction of sp³-hybridized carbons (Fsp3) is 0.933. The van der Waals surface area contributed by atoms with Crippen molar-refractivity contribution in [2.24, 2.45) is 0 Å². The summed E-state index contributed by atoms with van der Waals surface area (Å²) in [5, 5.41) is 75.5. The van der Waals surface area contributed by atoms with Crippen molar-refractivity contribution in [3.8, 4) is 0 Å². The van der Waals surface area contributed by atoms with Crippen LogP contribution in [0.4, 0.5) is 0 Å². The van der Waals surface area contributed by atoms with E-state index in [-0.39, 0.29) is 12.8 Å². The van der Waals surface area contributed by atoms with Crippen molar-refractivity contribution in [1.29, 1.82) is 0 Å². The molecule has 1 aliphatic rings. The molecule has 1 fully saturated rings. The fourth-order valence-electron chi connectivity index (χ4n) is 7.44. The highest BCUT2D eigenvalue weighted by Crippen LogP contribution is 2.23. The molecule has 9 unspecified atom stereocenters. The van der Waals surface area contributed by atoms with Gasteiger partial charge in [-0.1, -0.05) is 174 Å². The maximum atomic E-state index is 13.1. The first-order valence-corrected chi connectivity index (χ1v) is 23.1. The van der Waals surface area contributed by atoms with Gasteiger partial charge in [0.25, 0.3) is 0 Å². The predicted octanol–water partition coefficient (Wildman–Crippen LogP) is 7.28. The highest BCUT2D eigenvalue weighted by Gasteiger charge is 2.44. The number of allylic oxidation sites excluding steroid dienone is 2. The highest BCUT2D eigenvalue weighted by atomic mass is 16.7. The number of aliphatic hydroxyl groups is 7. The monoisotopic (exact) mass is 802 g/mol. The third kappa shape index (κ3) is 25.4. The van der Waals surface area contributed by atoms with Gasteiger partial charge in [0.2, 0.25) is 5.91 Å². The van der Waals surface area contributed by atoms with E-state index in [9.17, 15) is 40.5 Å². The van der Waals surface area contributed by atoms with E-state index < -0.39 is 74.2 Å². The number of hydrogen-bond acceptors (Lipinski definition) is 10. The normalized spacial score (nSPS) is 22.3. The number of hydrogen-bond donors (Lipinski definition) is 8. The maximum Gasteiger partial charge on any atom is 0.249 e. The number of amides is 1. The number of ether oxygens (including phenoxy) is 2. The SMILES string of the molecule is CCCCCCCCC/C=C/CCCC(O)C(O)C(COC1OC(CO)C(O)C(O)C1O)NC(=O)C(O)CCCCCCCCCCCCCCCCCCC. The van der Waals surface area contributed by atoms with Gasteiger partial charge < -0.3 is 50.5 Å². The van der Waals surface area contributed by atoms with Crippen molar-refractivity contribution in [2.45, 2.75) is 255 Å². The van der Waals surface area contributed by atoms with Crippen molar-refractivity contribution >= 4 is 5.91 Å². The summed E-state index contributed by atoms with van der Waals surface area (Å²) in [6.07, 6.45) is 25.5. The molecule has 11 nitrogen and oxygen atoms in total. The van der Waals surface area contributed by atoms with Crippen LogP contribution >= 0.6 is 0 Å². The van der Waals surface area contributed by atoms with Crippen LogP contribution < -0.4 is 5.32 Å². The molecule has 56 heavy (non-hydrogen) atoms. The van der Waals surface area contributed by atoms with Gasteiger partial charge in [-0.05, 0) is 38.5 Å². The molecule has 1 rings (SSSR count). The smallest absolute Gasteiger partial charge is 0.249 e. The fourth-order valence-corrected chi connectivity index (χ4v) is 7.44. The van der Waals surface area contributed by atoms with E-state index in [0.29, 0.717) is 12.8 Å². The lowest BCUT2D eigenvalue weighted by Gasteiger charge is -2.40. The zero-order valence-corrected chi connectivity index (χ0v) is 35.6. The Morgan fingerprint density at radius 1 is 0.607 bits per heavy atom. The third-order valence-corrected chi connectivity index (χ3v) is 11.3. The molecule has 1 heterocycles. The van der Waals surface area contributed by atoms with Crippen molar-refractivity contribution in [1.82, 2.24) is 5.32 Å². The second kappa shape index (κ2) is 35.8. The van der Waals surface area contributed by atoms with Crippen LogP contribution in [0.15, 0.2) is 12.2 Å². The van der Waals surface area contributed by atoms with Crippen LogP contribution in [0.3, 0.4) is 0 Å². The Labute approximate surface area is 341 Å². The van der Waals surface area contributed by atoms with Gasteiger partial charge in [0.05, 0.1) is 25.4 Å². The molecule has 0 spiro atoms. The summed E-state index contributed by atoms with van der Waals surface area (Å²) in [5.74, 6) is -0.705. The predicted molar refractivity (Wildman–Crippen MR) is 224 cm³/mol. The first-order valence-electron chi connectivity index (χ1n) is 23.1. The molecule has 0 aliphatic carbocycles. The minimum absolute atomic E-state index is 0.258. The molecule has 11 heteroatoms. The molecule has 8 N–H and O–H groups in total. The van der Waals surface area contributed by atoms with Gasteiger partial charge in [-0.2, -0.15) is 0 Å². The molecular formula is C45H87NO10. The Bertz CT molecular complexity index is 923. The van der Waals surface area contributed by atoms with Crippen LogP contribution in [-0.2, 0) is 14.3 Å². The molecule has 0 aromatic carbocycles. The third-order valence-electron chi connectivity index (χ3n) is 11.3. The van der Waals surface area contributed by atoms with Crippen LogP contribution in [0.5, 0.6) is 0 Å². The van der Waals surface area contributed by atoms with E-state index in [1.807, 2.05) is 0 Å². The van der Waals surface area contributed by atoms with Crippen molar-refractivity contribution in [2.75, 3.05) is 13.2 Å². The van der Waals surface area contributed by atoms with Gasteiger partial charge in [-0.15, -0.1) is 0 Å². The number of unbranched alkanes of at least 4 members (excludes halogenated alkanes) is 24. The number of carbonyl (C=O) groups is 1. The topological polar surface area (TPSA) is 189 Å². The van der Waals surface area contributed by atoms with Crippen molar-refractivity contribution < 1.29 is 50.0 Å². The van der Waals surface area contributed by atoms with Crippen LogP contribution in [0.1, 0.15) is 200 Å². The lowest BCUT2D eigenvalue weighted by molar-refractivity contribution is -0.303. The van der Waals surface area contributed by atoms with E-state index in [2.05, 4.69) is 31.3 Å². The number of aliphatic hydroxyl groups excluding tert-OH is 7. The summed E-state index contributed by atoms with van der Waals surface area (Å²) >= 11 is 0. The van der Waals surface area contributed by atoms with E-state index in [1.54, 1.807) is 0 Å². The van der Waals surface area contributed by atoms with Crippen LogP contribution in [0.25, 0.3) is 0 Å². The molecule has 0 radical (unpaired) electrons. The molecule has 0 bridgehead atoms. The minimum atomic E-state index is -1.66. The molecule has 1 saturated heterocycles. The van der Waals surface area contributed by atoms with Crippen molar-refractivity contribution in [3.63, 3.8) is 0 Å². The average Bonchev–Trinajstić information content (AvgIpc) is 3.20. The van der Waals surface area contributed by atoms with E-state index >= 15 is 0 Å². The summed E-state index contributed by atoms with van der Waals surface area (Å²) in [6, 6.07) is -1.18. The Morgan fingerprint density at radius 3 is 1.54 bits per heavy atom. The second-order valence-electron chi connectivity index (χ2n) is 16.5. The second-order valence-corrected chi connectivity index (χ2v) is 16.5. The van der Waals surface area contributed by atoms with Gasteiger partial charge in [-0.3, -0.25) is 4.79 Å². The van der Waals surface area contributed by atoms with Crippen LogP contribution in [-0.4, -0.2) is 110 Å². The number of rotatable bonds is 38. The van der Waals surface area contributed by atoms with Gasteiger partial charge >= 0.3 is 0 Å². The largest absolute Gasteiger partial charge is 0.394 e. The molecular weight excluding hydrogens is 714 g/mol. The zero-order valence-electron chi connectivity index (χ0n) is 35.6. The zero-order chi connectivity index (χ0) is 41.2. The molecule has 1 aliphatic heterocycles. The lowest BCUT2D eigenvalue weighted by Crippen LogP contribution is -2.60. The quantitative estimate of drug-likeness (QED) is 0.0233. The summed E-state index contributed by atoms with van der Waals surface area (Å²) in [6.45, 7) is 3.41. The Balaban J connectivity index is 2.46. The van der Waals surface area contributed by atoms with Crippen LogP contribution in [0, 0.1) is 0 Å². The van der Waals surface area contributed by atoms with E-state index in [1.165, 1.54) is 122 Å². The molecule has 0 aromatic heterocycles. The lowest BCUT2D eigenvalue weighted by atomic mass is 9.98. The summed E-state index contributed by atoms with van der Waals surface area (Å²) in [5.41, 5.74) is 0. The van der Waals surface area contributed by atoms with Gasteiger partial charge in [0.15, 0.2) is 6.29 Å². The standard InChI is InChI=1S/C45H87NO10/c1-3-5-7-9-11-13-15-17-18-19-20-21-23-25-27-29-31-33-38(49)44(54)46-36(35-55-45-43(53)42(52)41(51)39(34-47)56-45)40(50)37(48)32-30-28-26-24-22-16-14-12-10-8-6-4-2/h24,26,36-43,45,47-53H,3-23,25,27-35H2,1-2H3,(H,46,54)/b26-24+. The summed E-state index contributed by atoms with van der Waals surface area (Å²) in [4.78, 5) is 13.1. The molecule has 0 saturated carbocycles. The van der Waals surface area contributed by atoms with Crippen LogP contribution in [0.2, 0.25) is 0 Å². The molecule has 9 atom stereocenters. The maximum absolute atomic E-state index is 13.1. The number of carbonyl (C=O) groups excluding carboxylic acids is 1. The van der Waals surface area contributed by atoms with E-state index in [0.717, 1.165) is 38.5 Å². The Morgan fingerprint density at radius 2 is 1.05 bits per heavy atom. The first-order chi connectivity index (χ1) is 27.2. The Hall–Kier alpha value is -1.15. The summed E-state index contributed by atoms with van der Waals surface area (Å²) in [7, 11) is 0. The van der Waals surface area contributed by atoms with E-state index in [4.69, 9.17) is 9.47 Å². The van der Waals surface area contributed by atoms with Gasteiger partial charge in [-0.25, -0.2) is 0 Å². The molecule has 0 aromatic rings.